The zero-order valence-corrected chi connectivity index (χ0v) is 11.9. The molecule has 1 aromatic rings. The van der Waals surface area contributed by atoms with Crippen molar-refractivity contribution in [3.05, 3.63) is 29.8 Å². The normalized spacial score (nSPS) is 14.0. The first-order chi connectivity index (χ1) is 8.93. The summed E-state index contributed by atoms with van der Waals surface area (Å²) in [6.07, 6.45) is -0.288. The second kappa shape index (κ2) is 7.14. The number of carbonyl (C=O) groups is 1. The van der Waals surface area contributed by atoms with Crippen molar-refractivity contribution in [2.75, 3.05) is 7.11 Å². The van der Waals surface area contributed by atoms with E-state index in [1.807, 2.05) is 32.0 Å². The number of esters is 1. The van der Waals surface area contributed by atoms with E-state index < -0.39 is 6.10 Å². The molecule has 0 saturated heterocycles. The van der Waals surface area contributed by atoms with Crippen LogP contribution in [-0.2, 0) is 9.53 Å². The first-order valence-electron chi connectivity index (χ1n) is 6.46. The predicted octanol–water partition coefficient (Wildman–Crippen LogP) is 2.71. The van der Waals surface area contributed by atoms with E-state index in [1.54, 1.807) is 13.0 Å². The van der Waals surface area contributed by atoms with Crippen LogP contribution in [0.1, 0.15) is 38.9 Å². The maximum Gasteiger partial charge on any atom is 0.308 e. The molecule has 106 valence electrons. The second-order valence-corrected chi connectivity index (χ2v) is 4.91. The molecular weight excluding hydrogens is 244 g/mol. The maximum absolute atomic E-state index is 11.3. The standard InChI is InChI=1S/C15H22O4/c1-10(2)19-13-7-5-6-12(9-13)14(16)8-11(3)15(17)18-4/h5-7,9-11,14,16H,8H2,1-4H3. The summed E-state index contributed by atoms with van der Waals surface area (Å²) in [7, 11) is 1.35. The monoisotopic (exact) mass is 266 g/mol. The van der Waals surface area contributed by atoms with Crippen LogP contribution in [0.5, 0.6) is 5.75 Å². The zero-order valence-electron chi connectivity index (χ0n) is 11.9. The Morgan fingerprint density at radius 2 is 2.00 bits per heavy atom. The summed E-state index contributed by atoms with van der Waals surface area (Å²) in [6, 6.07) is 7.30. The molecule has 0 aliphatic heterocycles. The van der Waals surface area contributed by atoms with E-state index in [-0.39, 0.29) is 18.0 Å². The van der Waals surface area contributed by atoms with Gasteiger partial charge in [-0.2, -0.15) is 0 Å². The van der Waals surface area contributed by atoms with Gasteiger partial charge in [0.15, 0.2) is 0 Å². The minimum atomic E-state index is -0.704. The molecule has 2 unspecified atom stereocenters. The Kier molecular flexibility index (Phi) is 5.83. The van der Waals surface area contributed by atoms with Crippen LogP contribution in [0.2, 0.25) is 0 Å². The molecule has 0 radical (unpaired) electrons. The van der Waals surface area contributed by atoms with Gasteiger partial charge in [-0.1, -0.05) is 19.1 Å². The molecule has 0 spiro atoms. The second-order valence-electron chi connectivity index (χ2n) is 4.91. The maximum atomic E-state index is 11.3. The molecule has 19 heavy (non-hydrogen) atoms. The lowest BCUT2D eigenvalue weighted by molar-refractivity contribution is -0.145. The van der Waals surface area contributed by atoms with Crippen molar-refractivity contribution >= 4 is 5.97 Å². The molecule has 0 aromatic heterocycles. The summed E-state index contributed by atoms with van der Waals surface area (Å²) in [5.41, 5.74) is 0.744. The number of carbonyl (C=O) groups excluding carboxylic acids is 1. The van der Waals surface area contributed by atoms with E-state index in [9.17, 15) is 9.90 Å². The zero-order chi connectivity index (χ0) is 14.4. The first-order valence-corrected chi connectivity index (χ1v) is 6.46. The van der Waals surface area contributed by atoms with Crippen LogP contribution < -0.4 is 4.74 Å². The van der Waals surface area contributed by atoms with Crippen LogP contribution in [0, 0.1) is 5.92 Å². The van der Waals surface area contributed by atoms with Gasteiger partial charge in [0.25, 0.3) is 0 Å². The number of hydrogen-bond donors (Lipinski definition) is 1. The van der Waals surface area contributed by atoms with Gasteiger partial charge in [0.1, 0.15) is 5.75 Å². The average Bonchev–Trinajstić information content (AvgIpc) is 2.37. The third-order valence-electron chi connectivity index (χ3n) is 2.80. The minimum absolute atomic E-state index is 0.0846. The van der Waals surface area contributed by atoms with E-state index in [1.165, 1.54) is 7.11 Å². The van der Waals surface area contributed by atoms with Gasteiger partial charge in [-0.25, -0.2) is 0 Å². The number of benzene rings is 1. The van der Waals surface area contributed by atoms with Gasteiger partial charge in [-0.05, 0) is 38.0 Å². The van der Waals surface area contributed by atoms with Gasteiger partial charge in [0, 0.05) is 0 Å². The van der Waals surface area contributed by atoms with Crippen molar-refractivity contribution in [3.8, 4) is 5.75 Å². The van der Waals surface area contributed by atoms with Gasteiger partial charge < -0.3 is 14.6 Å². The Morgan fingerprint density at radius 3 is 2.58 bits per heavy atom. The van der Waals surface area contributed by atoms with E-state index >= 15 is 0 Å². The van der Waals surface area contributed by atoms with Crippen LogP contribution in [0.4, 0.5) is 0 Å². The summed E-state index contributed by atoms with van der Waals surface area (Å²) in [6.45, 7) is 5.63. The molecule has 2 atom stereocenters. The third-order valence-corrected chi connectivity index (χ3v) is 2.80. The molecule has 4 nitrogen and oxygen atoms in total. The molecule has 4 heteroatoms. The first kappa shape index (κ1) is 15.5. The van der Waals surface area contributed by atoms with Crippen LogP contribution >= 0.6 is 0 Å². The lowest BCUT2D eigenvalue weighted by Gasteiger charge is -2.16. The van der Waals surface area contributed by atoms with Gasteiger partial charge in [0.05, 0.1) is 25.2 Å². The van der Waals surface area contributed by atoms with Crippen molar-refractivity contribution in [2.45, 2.75) is 39.4 Å². The lowest BCUT2D eigenvalue weighted by Crippen LogP contribution is -2.16. The van der Waals surface area contributed by atoms with Crippen molar-refractivity contribution in [3.63, 3.8) is 0 Å². The fraction of sp³-hybridized carbons (Fsp3) is 0.533. The Bertz CT molecular complexity index is 414. The molecular formula is C15H22O4. The Labute approximate surface area is 114 Å². The largest absolute Gasteiger partial charge is 0.491 e. The van der Waals surface area contributed by atoms with Crippen molar-refractivity contribution < 1.29 is 19.4 Å². The number of rotatable bonds is 6. The average molecular weight is 266 g/mol. The summed E-state index contributed by atoms with van der Waals surface area (Å²) in [4.78, 5) is 11.3. The van der Waals surface area contributed by atoms with Crippen LogP contribution in [0.3, 0.4) is 0 Å². The quantitative estimate of drug-likeness (QED) is 0.804. The molecule has 0 bridgehead atoms. The number of aliphatic hydroxyl groups is 1. The highest BCUT2D eigenvalue weighted by molar-refractivity contribution is 5.71. The predicted molar refractivity (Wildman–Crippen MR) is 73.0 cm³/mol. The molecule has 0 fully saturated rings. The molecule has 0 amide bonds. The Balaban J connectivity index is 2.71. The smallest absolute Gasteiger partial charge is 0.308 e. The highest BCUT2D eigenvalue weighted by Crippen LogP contribution is 2.25. The number of hydrogen-bond acceptors (Lipinski definition) is 4. The summed E-state index contributed by atoms with van der Waals surface area (Å²) >= 11 is 0. The fourth-order valence-electron chi connectivity index (χ4n) is 1.84. The van der Waals surface area contributed by atoms with Gasteiger partial charge in [0.2, 0.25) is 0 Å². The molecule has 1 N–H and O–H groups in total. The van der Waals surface area contributed by atoms with E-state index in [2.05, 4.69) is 4.74 Å². The van der Waals surface area contributed by atoms with Crippen molar-refractivity contribution in [1.82, 2.24) is 0 Å². The topological polar surface area (TPSA) is 55.8 Å². The molecule has 0 aliphatic carbocycles. The van der Waals surface area contributed by atoms with Crippen LogP contribution in [0.15, 0.2) is 24.3 Å². The molecule has 1 rings (SSSR count). The fourth-order valence-corrected chi connectivity index (χ4v) is 1.84. The Hall–Kier alpha value is -1.55. The highest BCUT2D eigenvalue weighted by atomic mass is 16.5. The van der Waals surface area contributed by atoms with E-state index in [0.29, 0.717) is 6.42 Å². The van der Waals surface area contributed by atoms with E-state index in [0.717, 1.165) is 11.3 Å². The molecule has 0 heterocycles. The van der Waals surface area contributed by atoms with Gasteiger partial charge in [-0.3, -0.25) is 4.79 Å². The molecule has 0 aliphatic rings. The van der Waals surface area contributed by atoms with E-state index in [4.69, 9.17) is 4.74 Å². The molecule has 0 saturated carbocycles. The number of aliphatic hydroxyl groups excluding tert-OH is 1. The van der Waals surface area contributed by atoms with Crippen molar-refractivity contribution in [1.29, 1.82) is 0 Å². The molecule has 1 aromatic carbocycles. The Morgan fingerprint density at radius 1 is 1.32 bits per heavy atom. The van der Waals surface area contributed by atoms with Crippen molar-refractivity contribution in [2.24, 2.45) is 5.92 Å². The summed E-state index contributed by atoms with van der Waals surface area (Å²) < 4.78 is 10.2. The minimum Gasteiger partial charge on any atom is -0.491 e. The van der Waals surface area contributed by atoms with Crippen LogP contribution in [-0.4, -0.2) is 24.3 Å². The number of ether oxygens (including phenoxy) is 2. The summed E-state index contributed by atoms with van der Waals surface area (Å²) in [5.74, 6) is 0.0700. The van der Waals surface area contributed by atoms with Crippen LogP contribution in [0.25, 0.3) is 0 Å². The summed E-state index contributed by atoms with van der Waals surface area (Å²) in [5, 5.41) is 10.1. The SMILES string of the molecule is COC(=O)C(C)CC(O)c1cccc(OC(C)C)c1. The van der Waals surface area contributed by atoms with Gasteiger partial charge in [-0.15, -0.1) is 0 Å². The highest BCUT2D eigenvalue weighted by Gasteiger charge is 2.19. The lowest BCUT2D eigenvalue weighted by atomic mass is 9.98. The van der Waals surface area contributed by atoms with Gasteiger partial charge >= 0.3 is 5.97 Å². The number of methoxy groups -OCH3 is 1. The third kappa shape index (κ3) is 4.91.